The van der Waals surface area contributed by atoms with Gasteiger partial charge in [-0.15, -0.1) is 12.3 Å². The number of hydrogen-bond donors (Lipinski definition) is 0. The van der Waals surface area contributed by atoms with Gasteiger partial charge in [-0.05, 0) is 38.8 Å². The van der Waals surface area contributed by atoms with E-state index < -0.39 is 0 Å². The van der Waals surface area contributed by atoms with Crippen molar-refractivity contribution in [3.8, 4) is 12.3 Å². The molecule has 74 valence electrons. The highest BCUT2D eigenvalue weighted by molar-refractivity contribution is 4.87. The smallest absolute Gasteiger partial charge is 0.00982 e. The number of hydrogen-bond acceptors (Lipinski definition) is 1. The lowest BCUT2D eigenvalue weighted by molar-refractivity contribution is 0.257. The fourth-order valence-electron chi connectivity index (χ4n) is 1.66. The molecule has 0 N–H and O–H groups in total. The predicted molar refractivity (Wildman–Crippen MR) is 57.6 cm³/mol. The van der Waals surface area contributed by atoms with Crippen molar-refractivity contribution in [1.82, 2.24) is 4.90 Å². The van der Waals surface area contributed by atoms with Crippen LogP contribution in [0.4, 0.5) is 0 Å². The van der Waals surface area contributed by atoms with Crippen LogP contribution < -0.4 is 0 Å². The summed E-state index contributed by atoms with van der Waals surface area (Å²) in [4.78, 5) is 2.63. The predicted octanol–water partition coefficient (Wildman–Crippen LogP) is 2.66. The van der Waals surface area contributed by atoms with E-state index in [1.807, 2.05) is 0 Å². The molecular formula is C12H21N. The molecule has 0 spiro atoms. The highest BCUT2D eigenvalue weighted by atomic mass is 15.2. The van der Waals surface area contributed by atoms with Crippen LogP contribution in [0.25, 0.3) is 0 Å². The summed E-state index contributed by atoms with van der Waals surface area (Å²) in [7, 11) is 0. The summed E-state index contributed by atoms with van der Waals surface area (Å²) < 4.78 is 0. The van der Waals surface area contributed by atoms with Gasteiger partial charge in [-0.2, -0.15) is 0 Å². The van der Waals surface area contributed by atoms with Crippen LogP contribution in [0, 0.1) is 12.3 Å². The third-order valence-electron chi connectivity index (χ3n) is 2.63. The van der Waals surface area contributed by atoms with Crippen LogP contribution in [0.1, 0.15) is 45.4 Å². The van der Waals surface area contributed by atoms with Crippen molar-refractivity contribution in [3.63, 3.8) is 0 Å². The molecule has 13 heavy (non-hydrogen) atoms. The average Bonchev–Trinajstić information content (AvgIpc) is 2.94. The van der Waals surface area contributed by atoms with Gasteiger partial charge in [0.2, 0.25) is 0 Å². The monoisotopic (exact) mass is 179 g/mol. The summed E-state index contributed by atoms with van der Waals surface area (Å²) in [5.74, 6) is 2.71. The summed E-state index contributed by atoms with van der Waals surface area (Å²) in [6, 6.07) is 0.907. The maximum atomic E-state index is 5.24. The minimum Gasteiger partial charge on any atom is -0.300 e. The molecule has 0 aliphatic heterocycles. The van der Waals surface area contributed by atoms with Crippen LogP contribution in [0.3, 0.4) is 0 Å². The molecule has 0 saturated heterocycles. The van der Waals surface area contributed by atoms with Gasteiger partial charge in [0, 0.05) is 12.5 Å². The van der Waals surface area contributed by atoms with E-state index in [4.69, 9.17) is 6.42 Å². The second kappa shape index (κ2) is 6.05. The van der Waals surface area contributed by atoms with Gasteiger partial charge in [0.05, 0.1) is 0 Å². The van der Waals surface area contributed by atoms with Crippen molar-refractivity contribution in [3.05, 3.63) is 0 Å². The molecular weight excluding hydrogens is 158 g/mol. The third-order valence-corrected chi connectivity index (χ3v) is 2.63. The molecule has 1 rings (SSSR count). The zero-order valence-electron chi connectivity index (χ0n) is 8.76. The number of unbranched alkanes of at least 4 members (excludes halogenated alkanes) is 2. The fourth-order valence-corrected chi connectivity index (χ4v) is 1.66. The summed E-state index contributed by atoms with van der Waals surface area (Å²) in [5, 5.41) is 0. The minimum absolute atomic E-state index is 0.907. The van der Waals surface area contributed by atoms with Crippen LogP contribution in [-0.4, -0.2) is 24.0 Å². The number of terminal acetylenes is 1. The molecule has 0 aromatic heterocycles. The molecule has 1 heteroatoms. The Morgan fingerprint density at radius 1 is 1.31 bits per heavy atom. The summed E-state index contributed by atoms with van der Waals surface area (Å²) >= 11 is 0. The van der Waals surface area contributed by atoms with E-state index in [1.165, 1.54) is 45.2 Å². The van der Waals surface area contributed by atoms with Crippen LogP contribution in [-0.2, 0) is 0 Å². The van der Waals surface area contributed by atoms with Crippen LogP contribution >= 0.6 is 0 Å². The van der Waals surface area contributed by atoms with E-state index in [2.05, 4.69) is 17.7 Å². The summed E-state index contributed by atoms with van der Waals surface area (Å²) in [6.45, 7) is 4.76. The molecule has 1 aliphatic rings. The first kappa shape index (κ1) is 10.6. The van der Waals surface area contributed by atoms with Gasteiger partial charge in [-0.1, -0.05) is 13.3 Å². The van der Waals surface area contributed by atoms with Gasteiger partial charge in [-0.25, -0.2) is 0 Å². The Balaban J connectivity index is 2.10. The van der Waals surface area contributed by atoms with Crippen molar-refractivity contribution < 1.29 is 0 Å². The molecule has 0 unspecified atom stereocenters. The van der Waals surface area contributed by atoms with Gasteiger partial charge in [0.1, 0.15) is 0 Å². The standard InChI is InChI=1S/C12H21N/c1-3-5-7-11-13(10-6-4-2)12-8-9-12/h1,12H,4-11H2,2H3. The third kappa shape index (κ3) is 4.33. The molecule has 1 aliphatic carbocycles. The number of rotatable bonds is 7. The van der Waals surface area contributed by atoms with Crippen molar-refractivity contribution in [2.75, 3.05) is 13.1 Å². The molecule has 1 nitrogen and oxygen atoms in total. The Labute approximate surface area is 82.5 Å². The topological polar surface area (TPSA) is 3.24 Å². The van der Waals surface area contributed by atoms with E-state index in [0.29, 0.717) is 0 Å². The van der Waals surface area contributed by atoms with Crippen molar-refractivity contribution in [1.29, 1.82) is 0 Å². The maximum absolute atomic E-state index is 5.24. The quantitative estimate of drug-likeness (QED) is 0.429. The van der Waals surface area contributed by atoms with Crippen molar-refractivity contribution in [2.45, 2.75) is 51.5 Å². The second-order valence-corrected chi connectivity index (χ2v) is 3.93. The Morgan fingerprint density at radius 3 is 2.54 bits per heavy atom. The van der Waals surface area contributed by atoms with Gasteiger partial charge < -0.3 is 4.90 Å². The van der Waals surface area contributed by atoms with Crippen LogP contribution in [0.2, 0.25) is 0 Å². The minimum atomic E-state index is 0.907. The van der Waals surface area contributed by atoms with Gasteiger partial charge >= 0.3 is 0 Å². The second-order valence-electron chi connectivity index (χ2n) is 3.93. The Kier molecular flexibility index (Phi) is 4.93. The molecule has 0 heterocycles. The van der Waals surface area contributed by atoms with Crippen LogP contribution in [0.15, 0.2) is 0 Å². The largest absolute Gasteiger partial charge is 0.300 e. The molecule has 0 aromatic carbocycles. The molecule has 0 bridgehead atoms. The van der Waals surface area contributed by atoms with E-state index in [9.17, 15) is 0 Å². The molecule has 1 fully saturated rings. The van der Waals surface area contributed by atoms with E-state index in [0.717, 1.165) is 12.5 Å². The normalized spacial score (nSPS) is 16.1. The molecule has 1 saturated carbocycles. The number of nitrogens with zero attached hydrogens (tertiary/aromatic N) is 1. The zero-order valence-corrected chi connectivity index (χ0v) is 8.76. The van der Waals surface area contributed by atoms with Crippen molar-refractivity contribution in [2.24, 2.45) is 0 Å². The molecule has 0 aromatic rings. The van der Waals surface area contributed by atoms with Gasteiger partial charge in [0.15, 0.2) is 0 Å². The summed E-state index contributed by atoms with van der Waals surface area (Å²) in [5.41, 5.74) is 0. The van der Waals surface area contributed by atoms with Gasteiger partial charge in [0.25, 0.3) is 0 Å². The van der Waals surface area contributed by atoms with Crippen LogP contribution in [0.5, 0.6) is 0 Å². The summed E-state index contributed by atoms with van der Waals surface area (Å²) in [6.07, 6.45) is 12.8. The van der Waals surface area contributed by atoms with Crippen molar-refractivity contribution >= 4 is 0 Å². The Hall–Kier alpha value is -0.480. The molecule has 0 radical (unpaired) electrons. The highest BCUT2D eigenvalue weighted by Gasteiger charge is 2.27. The van der Waals surface area contributed by atoms with E-state index in [-0.39, 0.29) is 0 Å². The average molecular weight is 179 g/mol. The first-order chi connectivity index (χ1) is 6.38. The Bertz CT molecular complexity index is 164. The first-order valence-corrected chi connectivity index (χ1v) is 5.56. The SMILES string of the molecule is C#CCCCN(CCCC)C1CC1. The van der Waals surface area contributed by atoms with Gasteiger partial charge in [-0.3, -0.25) is 0 Å². The van der Waals surface area contributed by atoms with E-state index >= 15 is 0 Å². The Morgan fingerprint density at radius 2 is 2.00 bits per heavy atom. The molecule has 0 atom stereocenters. The lowest BCUT2D eigenvalue weighted by atomic mass is 10.2. The maximum Gasteiger partial charge on any atom is 0.00982 e. The highest BCUT2D eigenvalue weighted by Crippen LogP contribution is 2.27. The fraction of sp³-hybridized carbons (Fsp3) is 0.833. The van der Waals surface area contributed by atoms with E-state index in [1.54, 1.807) is 0 Å². The first-order valence-electron chi connectivity index (χ1n) is 5.56. The molecule has 0 amide bonds. The lowest BCUT2D eigenvalue weighted by Crippen LogP contribution is -2.28. The lowest BCUT2D eigenvalue weighted by Gasteiger charge is -2.20. The zero-order chi connectivity index (χ0) is 9.52.